The Labute approximate surface area is 113 Å². The lowest BCUT2D eigenvalue weighted by Gasteiger charge is -2.25. The first-order chi connectivity index (χ1) is 8.95. The summed E-state index contributed by atoms with van der Waals surface area (Å²) in [5, 5.41) is 0. The summed E-state index contributed by atoms with van der Waals surface area (Å²) in [5.74, 6) is -0.663. The van der Waals surface area contributed by atoms with Gasteiger partial charge in [0.15, 0.2) is 0 Å². The van der Waals surface area contributed by atoms with E-state index in [4.69, 9.17) is 4.74 Å². The quantitative estimate of drug-likeness (QED) is 0.761. The smallest absolute Gasteiger partial charge is 0.325 e. The zero-order valence-corrected chi connectivity index (χ0v) is 11.8. The minimum absolute atomic E-state index is 0.0556. The van der Waals surface area contributed by atoms with Gasteiger partial charge >= 0.3 is 5.97 Å². The second-order valence-electron chi connectivity index (χ2n) is 4.50. The molecule has 1 aromatic heterocycles. The van der Waals surface area contributed by atoms with Gasteiger partial charge in [-0.3, -0.25) is 9.59 Å². The molecule has 0 N–H and O–H groups in total. The molecule has 0 aliphatic heterocycles. The molecule has 0 aliphatic rings. The molecule has 0 aromatic carbocycles. The average Bonchev–Trinajstić information content (AvgIpc) is 2.35. The van der Waals surface area contributed by atoms with Crippen molar-refractivity contribution in [2.24, 2.45) is 0 Å². The van der Waals surface area contributed by atoms with E-state index in [1.807, 2.05) is 26.8 Å². The van der Waals surface area contributed by atoms with Gasteiger partial charge in [0, 0.05) is 11.7 Å². The van der Waals surface area contributed by atoms with Crippen molar-refractivity contribution in [3.63, 3.8) is 0 Å². The Hall–Kier alpha value is -1.91. The lowest BCUT2D eigenvalue weighted by atomic mass is 10.2. The van der Waals surface area contributed by atoms with Crippen molar-refractivity contribution in [3.8, 4) is 0 Å². The molecule has 0 saturated carbocycles. The van der Waals surface area contributed by atoms with Crippen molar-refractivity contribution in [2.45, 2.75) is 33.7 Å². The summed E-state index contributed by atoms with van der Waals surface area (Å²) in [6, 6.07) is 5.15. The van der Waals surface area contributed by atoms with E-state index in [1.165, 1.54) is 4.90 Å². The molecule has 1 aromatic rings. The van der Waals surface area contributed by atoms with Crippen LogP contribution in [0, 0.1) is 6.92 Å². The number of amides is 1. The van der Waals surface area contributed by atoms with Crippen LogP contribution >= 0.6 is 0 Å². The summed E-state index contributed by atoms with van der Waals surface area (Å²) in [6.45, 7) is 7.52. The number of nitrogens with zero attached hydrogens (tertiary/aromatic N) is 2. The zero-order chi connectivity index (χ0) is 14.4. The van der Waals surface area contributed by atoms with E-state index in [1.54, 1.807) is 19.1 Å². The summed E-state index contributed by atoms with van der Waals surface area (Å²) in [5.41, 5.74) is 1.11. The van der Waals surface area contributed by atoms with E-state index in [0.29, 0.717) is 12.3 Å². The van der Waals surface area contributed by atoms with E-state index in [-0.39, 0.29) is 18.5 Å². The fourth-order valence-electron chi connectivity index (χ4n) is 1.64. The monoisotopic (exact) mass is 264 g/mol. The van der Waals surface area contributed by atoms with Crippen LogP contribution in [0.4, 0.5) is 0 Å². The Balaban J connectivity index is 2.87. The molecule has 0 bridgehead atoms. The van der Waals surface area contributed by atoms with Crippen molar-refractivity contribution in [1.29, 1.82) is 0 Å². The highest BCUT2D eigenvalue weighted by Gasteiger charge is 2.23. The predicted molar refractivity (Wildman–Crippen MR) is 71.8 cm³/mol. The van der Waals surface area contributed by atoms with Crippen LogP contribution < -0.4 is 0 Å². The maximum Gasteiger partial charge on any atom is 0.325 e. The number of carbonyl (C=O) groups excluding carboxylic acids is 2. The molecule has 0 atom stereocenters. The fourth-order valence-corrected chi connectivity index (χ4v) is 1.64. The summed E-state index contributed by atoms with van der Waals surface area (Å²) in [6.07, 6.45) is 0. The molecule has 0 radical (unpaired) electrons. The molecule has 0 fully saturated rings. The fraction of sp³-hybridized carbons (Fsp3) is 0.500. The van der Waals surface area contributed by atoms with Crippen LogP contribution in [-0.2, 0) is 9.53 Å². The number of esters is 1. The number of aromatic nitrogens is 1. The molecular formula is C14H20N2O3. The number of hydrogen-bond acceptors (Lipinski definition) is 4. The number of rotatable bonds is 5. The van der Waals surface area contributed by atoms with Gasteiger partial charge in [0.1, 0.15) is 12.2 Å². The van der Waals surface area contributed by atoms with Gasteiger partial charge in [-0.1, -0.05) is 6.07 Å². The minimum Gasteiger partial charge on any atom is -0.465 e. The Morgan fingerprint density at radius 3 is 2.58 bits per heavy atom. The number of aryl methyl sites for hydroxylation is 1. The highest BCUT2D eigenvalue weighted by molar-refractivity contribution is 5.94. The number of pyridine rings is 1. The van der Waals surface area contributed by atoms with Crippen molar-refractivity contribution in [2.75, 3.05) is 13.2 Å². The third-order valence-electron chi connectivity index (χ3n) is 2.60. The van der Waals surface area contributed by atoms with Crippen molar-refractivity contribution in [1.82, 2.24) is 9.88 Å². The molecule has 5 nitrogen and oxygen atoms in total. The molecule has 0 unspecified atom stereocenters. The predicted octanol–water partition coefficient (Wildman–Crippen LogP) is 1.80. The van der Waals surface area contributed by atoms with Crippen molar-refractivity contribution in [3.05, 3.63) is 29.6 Å². The summed E-state index contributed by atoms with van der Waals surface area (Å²) < 4.78 is 4.88. The molecule has 1 heterocycles. The van der Waals surface area contributed by atoms with Crippen LogP contribution in [0.1, 0.15) is 37.0 Å². The summed E-state index contributed by atoms with van der Waals surface area (Å²) >= 11 is 0. The second kappa shape index (κ2) is 6.87. The summed E-state index contributed by atoms with van der Waals surface area (Å²) in [4.78, 5) is 29.5. The lowest BCUT2D eigenvalue weighted by Crippen LogP contribution is -2.41. The molecule has 1 rings (SSSR count). The third kappa shape index (κ3) is 4.35. The number of hydrogen-bond donors (Lipinski definition) is 0. The first-order valence-corrected chi connectivity index (χ1v) is 6.36. The third-order valence-corrected chi connectivity index (χ3v) is 2.60. The summed E-state index contributed by atoms with van der Waals surface area (Å²) in [7, 11) is 0. The normalized spacial score (nSPS) is 10.4. The lowest BCUT2D eigenvalue weighted by molar-refractivity contribution is -0.144. The topological polar surface area (TPSA) is 59.5 Å². The molecule has 0 spiro atoms. The van der Waals surface area contributed by atoms with Gasteiger partial charge in [-0.2, -0.15) is 0 Å². The Kier molecular flexibility index (Phi) is 5.48. The van der Waals surface area contributed by atoms with Gasteiger partial charge in [-0.15, -0.1) is 0 Å². The van der Waals surface area contributed by atoms with Crippen LogP contribution in [0.25, 0.3) is 0 Å². The van der Waals surface area contributed by atoms with E-state index < -0.39 is 5.97 Å². The Morgan fingerprint density at radius 1 is 1.37 bits per heavy atom. The molecule has 1 amide bonds. The molecule has 104 valence electrons. The van der Waals surface area contributed by atoms with Crippen LogP contribution in [0.15, 0.2) is 18.2 Å². The molecule has 0 aliphatic carbocycles. The van der Waals surface area contributed by atoms with Crippen LogP contribution in [0.5, 0.6) is 0 Å². The van der Waals surface area contributed by atoms with E-state index in [2.05, 4.69) is 4.98 Å². The van der Waals surface area contributed by atoms with Gasteiger partial charge in [0.25, 0.3) is 5.91 Å². The van der Waals surface area contributed by atoms with Crippen LogP contribution in [-0.4, -0.2) is 41.0 Å². The van der Waals surface area contributed by atoms with E-state index in [9.17, 15) is 9.59 Å². The maximum atomic E-state index is 12.3. The van der Waals surface area contributed by atoms with Gasteiger partial charge < -0.3 is 9.64 Å². The molecular weight excluding hydrogens is 244 g/mol. The average molecular weight is 264 g/mol. The standard InChI is InChI=1S/C14H20N2O3/c1-5-19-13(17)9-16(10(2)3)14(18)12-8-6-7-11(4)15-12/h6-8,10H,5,9H2,1-4H3. The van der Waals surface area contributed by atoms with Gasteiger partial charge in [-0.05, 0) is 39.8 Å². The molecule has 19 heavy (non-hydrogen) atoms. The van der Waals surface area contributed by atoms with Gasteiger partial charge in [-0.25, -0.2) is 4.98 Å². The van der Waals surface area contributed by atoms with Gasteiger partial charge in [0.2, 0.25) is 0 Å². The number of ether oxygens (including phenoxy) is 1. The van der Waals surface area contributed by atoms with Crippen molar-refractivity contribution < 1.29 is 14.3 Å². The van der Waals surface area contributed by atoms with E-state index in [0.717, 1.165) is 5.69 Å². The highest BCUT2D eigenvalue weighted by Crippen LogP contribution is 2.07. The Morgan fingerprint density at radius 2 is 2.05 bits per heavy atom. The van der Waals surface area contributed by atoms with E-state index >= 15 is 0 Å². The van der Waals surface area contributed by atoms with Gasteiger partial charge in [0.05, 0.1) is 6.61 Å². The molecule has 0 saturated heterocycles. The second-order valence-corrected chi connectivity index (χ2v) is 4.50. The first-order valence-electron chi connectivity index (χ1n) is 6.36. The van der Waals surface area contributed by atoms with Crippen LogP contribution in [0.2, 0.25) is 0 Å². The zero-order valence-electron chi connectivity index (χ0n) is 11.8. The Bertz CT molecular complexity index is 458. The maximum absolute atomic E-state index is 12.3. The largest absolute Gasteiger partial charge is 0.465 e. The van der Waals surface area contributed by atoms with Crippen molar-refractivity contribution >= 4 is 11.9 Å². The van der Waals surface area contributed by atoms with Crippen LogP contribution in [0.3, 0.4) is 0 Å². The molecule has 5 heteroatoms. The number of carbonyl (C=O) groups is 2. The first kappa shape index (κ1) is 15.1. The highest BCUT2D eigenvalue weighted by atomic mass is 16.5. The SMILES string of the molecule is CCOC(=O)CN(C(=O)c1cccc(C)n1)C(C)C. The minimum atomic E-state index is -0.405.